The fourth-order valence-corrected chi connectivity index (χ4v) is 2.50. The fourth-order valence-electron chi connectivity index (χ4n) is 2.50. The van der Waals surface area contributed by atoms with Crippen LogP contribution in [0.4, 0.5) is 0 Å². The Kier molecular flexibility index (Phi) is 13.5. The van der Waals surface area contributed by atoms with E-state index in [2.05, 4.69) is 20.9 Å². The van der Waals surface area contributed by atoms with Crippen molar-refractivity contribution >= 4 is 29.7 Å². The van der Waals surface area contributed by atoms with Crippen molar-refractivity contribution in [1.29, 1.82) is 0 Å². The van der Waals surface area contributed by atoms with Crippen molar-refractivity contribution < 1.29 is 24.3 Å². The Morgan fingerprint density at radius 3 is 1.97 bits per heavy atom. The largest absolute Gasteiger partial charge is 0.480 e. The molecule has 4 atom stereocenters. The highest BCUT2D eigenvalue weighted by Gasteiger charge is 2.28. The van der Waals surface area contributed by atoms with E-state index in [1.54, 1.807) is 0 Å². The molecule has 12 N–H and O–H groups in total. The molecule has 0 bridgehead atoms. The third kappa shape index (κ3) is 12.4. The number of carbonyl (C=O) groups excluding carboxylic acids is 3. The van der Waals surface area contributed by atoms with Crippen molar-refractivity contribution in [1.82, 2.24) is 16.0 Å². The van der Waals surface area contributed by atoms with E-state index in [1.807, 2.05) is 0 Å². The summed E-state index contributed by atoms with van der Waals surface area (Å²) in [5, 5.41) is 16.8. The van der Waals surface area contributed by atoms with Crippen LogP contribution in [0.25, 0.3) is 0 Å². The van der Waals surface area contributed by atoms with Crippen LogP contribution in [0.2, 0.25) is 0 Å². The average Bonchev–Trinajstić information content (AvgIpc) is 2.68. The predicted octanol–water partition coefficient (Wildman–Crippen LogP) is -2.92. The Balaban J connectivity index is 5.17. The lowest BCUT2D eigenvalue weighted by Crippen LogP contribution is -2.56. The molecule has 13 nitrogen and oxygen atoms in total. The number of hydrogen-bond acceptors (Lipinski definition) is 7. The highest BCUT2D eigenvalue weighted by Crippen LogP contribution is 2.05. The summed E-state index contributed by atoms with van der Waals surface area (Å²) in [5.41, 5.74) is 21.4. The molecule has 178 valence electrons. The number of aliphatic carboxylic acids is 1. The first-order chi connectivity index (χ1) is 14.5. The number of hydrogen-bond donors (Lipinski definition) is 8. The predicted molar refractivity (Wildman–Crippen MR) is 116 cm³/mol. The third-order valence-corrected chi connectivity index (χ3v) is 4.31. The second-order valence-corrected chi connectivity index (χ2v) is 7.21. The van der Waals surface area contributed by atoms with E-state index in [4.69, 9.17) is 22.9 Å². The van der Waals surface area contributed by atoms with Crippen molar-refractivity contribution in [2.45, 2.75) is 70.1 Å². The molecule has 0 aromatic heterocycles. The summed E-state index contributed by atoms with van der Waals surface area (Å²) in [5.74, 6) is -3.10. The Labute approximate surface area is 181 Å². The molecule has 0 spiro atoms. The molecule has 31 heavy (non-hydrogen) atoms. The van der Waals surface area contributed by atoms with E-state index in [1.165, 1.54) is 13.8 Å². The molecule has 13 heteroatoms. The second-order valence-electron chi connectivity index (χ2n) is 7.21. The molecular weight excluding hydrogens is 408 g/mol. The lowest BCUT2D eigenvalue weighted by atomic mass is 10.1. The highest BCUT2D eigenvalue weighted by molar-refractivity contribution is 5.93. The molecule has 0 radical (unpaired) electrons. The van der Waals surface area contributed by atoms with Gasteiger partial charge in [0.15, 0.2) is 5.96 Å². The minimum absolute atomic E-state index is 0.108. The maximum absolute atomic E-state index is 12.7. The summed E-state index contributed by atoms with van der Waals surface area (Å²) in [6.45, 7) is 3.54. The van der Waals surface area contributed by atoms with Crippen LogP contribution in [0, 0.1) is 0 Å². The number of carbonyl (C=O) groups is 4. The Hall–Kier alpha value is -2.93. The van der Waals surface area contributed by atoms with Crippen molar-refractivity contribution in [2.75, 3.05) is 13.1 Å². The van der Waals surface area contributed by atoms with Gasteiger partial charge in [-0.2, -0.15) is 0 Å². The SMILES string of the molecule is CC(N)C(=O)NC(C)C(=O)NC(CCCN=C(N)N)C(=O)NC(CCCCN)C(=O)O. The van der Waals surface area contributed by atoms with E-state index < -0.39 is 47.9 Å². The van der Waals surface area contributed by atoms with Crippen LogP contribution in [0.15, 0.2) is 4.99 Å². The van der Waals surface area contributed by atoms with Gasteiger partial charge >= 0.3 is 5.97 Å². The van der Waals surface area contributed by atoms with Gasteiger partial charge in [-0.05, 0) is 52.5 Å². The average molecular weight is 445 g/mol. The minimum atomic E-state index is -1.19. The van der Waals surface area contributed by atoms with Crippen molar-refractivity contribution in [3.05, 3.63) is 0 Å². The number of carboxylic acid groups (broad SMARTS) is 1. The van der Waals surface area contributed by atoms with E-state index >= 15 is 0 Å². The first-order valence-corrected chi connectivity index (χ1v) is 10.1. The van der Waals surface area contributed by atoms with Crippen molar-refractivity contribution in [2.24, 2.45) is 27.9 Å². The Morgan fingerprint density at radius 2 is 1.45 bits per heavy atom. The molecule has 0 rings (SSSR count). The maximum atomic E-state index is 12.7. The van der Waals surface area contributed by atoms with Gasteiger partial charge < -0.3 is 44.0 Å². The highest BCUT2D eigenvalue weighted by atomic mass is 16.4. The minimum Gasteiger partial charge on any atom is -0.480 e. The lowest BCUT2D eigenvalue weighted by Gasteiger charge is -2.23. The van der Waals surface area contributed by atoms with Crippen LogP contribution in [-0.2, 0) is 19.2 Å². The van der Waals surface area contributed by atoms with Gasteiger partial charge in [-0.3, -0.25) is 19.4 Å². The molecule has 0 saturated heterocycles. The van der Waals surface area contributed by atoms with Gasteiger partial charge in [0.2, 0.25) is 17.7 Å². The Bertz CT molecular complexity index is 636. The van der Waals surface area contributed by atoms with Gasteiger partial charge in [0.1, 0.15) is 18.1 Å². The topological polar surface area (TPSA) is 241 Å². The Morgan fingerprint density at radius 1 is 0.871 bits per heavy atom. The first kappa shape index (κ1) is 28.1. The monoisotopic (exact) mass is 444 g/mol. The van der Waals surface area contributed by atoms with Gasteiger partial charge in [-0.25, -0.2) is 4.79 Å². The number of aliphatic imine (C=N–C) groups is 1. The van der Waals surface area contributed by atoms with E-state index in [0.29, 0.717) is 25.8 Å². The fraction of sp³-hybridized carbons (Fsp3) is 0.722. The lowest BCUT2D eigenvalue weighted by molar-refractivity contribution is -0.142. The standard InChI is InChI=1S/C18H36N8O5/c1-10(20)14(27)24-11(2)15(28)25-12(7-5-9-23-18(21)22)16(29)26-13(17(30)31)6-3-4-8-19/h10-13H,3-9,19-20H2,1-2H3,(H,24,27)(H,25,28)(H,26,29)(H,30,31)(H4,21,22,23). The second kappa shape index (κ2) is 15.0. The first-order valence-electron chi connectivity index (χ1n) is 10.1. The number of amides is 3. The molecule has 0 aromatic rings. The molecule has 0 aliphatic carbocycles. The molecule has 3 amide bonds. The van der Waals surface area contributed by atoms with E-state index in [-0.39, 0.29) is 25.3 Å². The molecule has 0 saturated carbocycles. The molecule has 0 fully saturated rings. The summed E-state index contributed by atoms with van der Waals surface area (Å²) in [7, 11) is 0. The number of carboxylic acids is 1. The quantitative estimate of drug-likeness (QED) is 0.0731. The van der Waals surface area contributed by atoms with Crippen LogP contribution in [0.1, 0.15) is 46.0 Å². The van der Waals surface area contributed by atoms with Gasteiger partial charge in [0.25, 0.3) is 0 Å². The van der Waals surface area contributed by atoms with Crippen LogP contribution in [0.5, 0.6) is 0 Å². The molecule has 4 unspecified atom stereocenters. The molecule has 0 heterocycles. The number of guanidine groups is 1. The summed E-state index contributed by atoms with van der Waals surface area (Å²) >= 11 is 0. The number of nitrogens with two attached hydrogens (primary N) is 4. The third-order valence-electron chi connectivity index (χ3n) is 4.31. The van der Waals surface area contributed by atoms with Crippen molar-refractivity contribution in [3.8, 4) is 0 Å². The van der Waals surface area contributed by atoms with Crippen LogP contribution < -0.4 is 38.9 Å². The van der Waals surface area contributed by atoms with E-state index in [9.17, 15) is 24.3 Å². The summed E-state index contributed by atoms with van der Waals surface area (Å²) < 4.78 is 0. The van der Waals surface area contributed by atoms with Crippen LogP contribution in [-0.4, -0.2) is 72.0 Å². The molecule has 0 aliphatic heterocycles. The van der Waals surface area contributed by atoms with Gasteiger partial charge in [-0.15, -0.1) is 0 Å². The zero-order chi connectivity index (χ0) is 24.0. The van der Waals surface area contributed by atoms with Gasteiger partial charge in [-0.1, -0.05) is 0 Å². The number of nitrogens with zero attached hydrogens (tertiary/aromatic N) is 1. The molecular formula is C18H36N8O5. The summed E-state index contributed by atoms with van der Waals surface area (Å²) in [6, 6.07) is -3.93. The van der Waals surface area contributed by atoms with Crippen LogP contribution >= 0.6 is 0 Å². The van der Waals surface area contributed by atoms with Gasteiger partial charge in [0, 0.05) is 6.54 Å². The number of nitrogens with one attached hydrogen (secondary N) is 3. The van der Waals surface area contributed by atoms with Crippen LogP contribution in [0.3, 0.4) is 0 Å². The zero-order valence-corrected chi connectivity index (χ0v) is 18.1. The van der Waals surface area contributed by atoms with Crippen molar-refractivity contribution in [3.63, 3.8) is 0 Å². The zero-order valence-electron chi connectivity index (χ0n) is 18.1. The smallest absolute Gasteiger partial charge is 0.326 e. The normalized spacial score (nSPS) is 14.5. The van der Waals surface area contributed by atoms with E-state index in [0.717, 1.165) is 0 Å². The summed E-state index contributed by atoms with van der Waals surface area (Å²) in [4.78, 5) is 52.1. The maximum Gasteiger partial charge on any atom is 0.326 e. The summed E-state index contributed by atoms with van der Waals surface area (Å²) in [6.07, 6.45) is 1.84. The molecule has 0 aromatic carbocycles. The molecule has 0 aliphatic rings. The number of rotatable bonds is 15. The number of unbranched alkanes of at least 4 members (excludes halogenated alkanes) is 1. The van der Waals surface area contributed by atoms with Gasteiger partial charge in [0.05, 0.1) is 6.04 Å².